The van der Waals surface area contributed by atoms with Gasteiger partial charge in [-0.05, 0) is 26.3 Å². The number of carbonyl (C=O) groups is 2. The number of aryl methyl sites for hydroxylation is 1. The average Bonchev–Trinajstić information content (AvgIpc) is 2.64. The third kappa shape index (κ3) is 3.47. The van der Waals surface area contributed by atoms with Crippen molar-refractivity contribution in [1.29, 1.82) is 0 Å². The Balaban J connectivity index is 2.06. The topological polar surface area (TPSA) is 78.7 Å². The number of amides is 2. The molecule has 1 fully saturated rings. The molecule has 122 valence electrons. The molecule has 1 N–H and O–H groups in total. The van der Waals surface area contributed by atoms with Crippen LogP contribution in [-0.4, -0.2) is 68.8 Å². The maximum absolute atomic E-state index is 12.5. The van der Waals surface area contributed by atoms with Gasteiger partial charge in [0.1, 0.15) is 6.54 Å². The number of β-amino-alcohol motifs (C(OH)–C–C–N with tert-alkyl or cyclic N) is 1. The zero-order valence-corrected chi connectivity index (χ0v) is 13.7. The van der Waals surface area contributed by atoms with Crippen LogP contribution in [0.1, 0.15) is 23.9 Å². The highest BCUT2D eigenvalue weighted by Gasteiger charge is 2.26. The van der Waals surface area contributed by atoms with Crippen LogP contribution in [0.3, 0.4) is 0 Å². The zero-order valence-electron chi connectivity index (χ0n) is 13.7. The molecule has 2 rings (SSSR count). The van der Waals surface area contributed by atoms with Crippen molar-refractivity contribution in [2.45, 2.75) is 40.3 Å². The van der Waals surface area contributed by atoms with Crippen LogP contribution in [0, 0.1) is 20.8 Å². The highest BCUT2D eigenvalue weighted by molar-refractivity contribution is 5.77. The Bertz CT molecular complexity index is 582. The summed E-state index contributed by atoms with van der Waals surface area (Å²) in [6.45, 7) is 8.90. The number of hydrogen-bond donors (Lipinski definition) is 1. The van der Waals surface area contributed by atoms with Gasteiger partial charge in [0.2, 0.25) is 11.8 Å². The quantitative estimate of drug-likeness (QED) is 0.825. The molecule has 1 saturated heterocycles. The number of aliphatic hydroxyl groups is 1. The SMILES string of the molecule is CC(=O)N1CCN(C(=O)Cn2nc(C)c(C)c2C)CC(O)C1. The molecule has 7 nitrogen and oxygen atoms in total. The number of nitrogens with zero attached hydrogens (tertiary/aromatic N) is 4. The van der Waals surface area contributed by atoms with Gasteiger partial charge in [0.05, 0.1) is 11.8 Å². The lowest BCUT2D eigenvalue weighted by atomic mass is 10.2. The monoisotopic (exact) mass is 308 g/mol. The molecule has 1 unspecified atom stereocenters. The highest BCUT2D eigenvalue weighted by Crippen LogP contribution is 2.12. The molecule has 1 aromatic heterocycles. The lowest BCUT2D eigenvalue weighted by Gasteiger charge is -2.22. The van der Waals surface area contributed by atoms with Gasteiger partial charge in [-0.2, -0.15) is 5.10 Å². The molecule has 0 bridgehead atoms. The van der Waals surface area contributed by atoms with Crippen molar-refractivity contribution in [3.8, 4) is 0 Å². The first kappa shape index (κ1) is 16.5. The van der Waals surface area contributed by atoms with Crippen molar-refractivity contribution in [3.05, 3.63) is 17.0 Å². The Hall–Kier alpha value is -1.89. The minimum Gasteiger partial charge on any atom is -0.389 e. The van der Waals surface area contributed by atoms with Crippen LogP contribution in [0.4, 0.5) is 0 Å². The zero-order chi connectivity index (χ0) is 16.4. The number of rotatable bonds is 2. The maximum atomic E-state index is 12.5. The van der Waals surface area contributed by atoms with E-state index in [2.05, 4.69) is 5.10 Å². The van der Waals surface area contributed by atoms with E-state index >= 15 is 0 Å². The van der Waals surface area contributed by atoms with Gasteiger partial charge in [-0.25, -0.2) is 0 Å². The molecule has 0 radical (unpaired) electrons. The van der Waals surface area contributed by atoms with Crippen LogP contribution in [0.25, 0.3) is 0 Å². The molecule has 0 aliphatic carbocycles. The van der Waals surface area contributed by atoms with Gasteiger partial charge in [0.15, 0.2) is 0 Å². The summed E-state index contributed by atoms with van der Waals surface area (Å²) < 4.78 is 1.70. The molecular weight excluding hydrogens is 284 g/mol. The second-order valence-electron chi connectivity index (χ2n) is 5.91. The fraction of sp³-hybridized carbons (Fsp3) is 0.667. The van der Waals surface area contributed by atoms with E-state index in [4.69, 9.17) is 0 Å². The summed E-state index contributed by atoms with van der Waals surface area (Å²) in [4.78, 5) is 27.1. The molecule has 7 heteroatoms. The Morgan fingerprint density at radius 2 is 1.77 bits per heavy atom. The fourth-order valence-electron chi connectivity index (χ4n) is 2.67. The molecule has 1 aliphatic rings. The molecule has 0 aromatic carbocycles. The summed E-state index contributed by atoms with van der Waals surface area (Å²) in [5.74, 6) is -0.169. The fourth-order valence-corrected chi connectivity index (χ4v) is 2.67. The molecule has 0 saturated carbocycles. The summed E-state index contributed by atoms with van der Waals surface area (Å²) in [7, 11) is 0. The van der Waals surface area contributed by atoms with Gasteiger partial charge in [-0.3, -0.25) is 14.3 Å². The van der Waals surface area contributed by atoms with E-state index in [0.29, 0.717) is 13.1 Å². The largest absolute Gasteiger partial charge is 0.389 e. The number of aromatic nitrogens is 2. The molecule has 0 spiro atoms. The highest BCUT2D eigenvalue weighted by atomic mass is 16.3. The Morgan fingerprint density at radius 3 is 2.32 bits per heavy atom. The van der Waals surface area contributed by atoms with Gasteiger partial charge >= 0.3 is 0 Å². The van der Waals surface area contributed by atoms with E-state index in [1.165, 1.54) is 6.92 Å². The van der Waals surface area contributed by atoms with Crippen molar-refractivity contribution < 1.29 is 14.7 Å². The minimum absolute atomic E-state index is 0.0810. The minimum atomic E-state index is -0.711. The Kier molecular flexibility index (Phi) is 4.85. The van der Waals surface area contributed by atoms with Gasteiger partial charge in [0.25, 0.3) is 0 Å². The smallest absolute Gasteiger partial charge is 0.244 e. The van der Waals surface area contributed by atoms with Gasteiger partial charge < -0.3 is 14.9 Å². The molecule has 1 aromatic rings. The van der Waals surface area contributed by atoms with E-state index < -0.39 is 6.10 Å². The summed E-state index contributed by atoms with van der Waals surface area (Å²) in [6.07, 6.45) is -0.711. The lowest BCUT2D eigenvalue weighted by Crippen LogP contribution is -2.39. The summed E-state index contributed by atoms with van der Waals surface area (Å²) in [5, 5.41) is 14.4. The number of hydrogen-bond acceptors (Lipinski definition) is 4. The van der Waals surface area contributed by atoms with Crippen LogP contribution >= 0.6 is 0 Å². The summed E-state index contributed by atoms with van der Waals surface area (Å²) in [6, 6.07) is 0. The van der Waals surface area contributed by atoms with Crippen molar-refractivity contribution in [1.82, 2.24) is 19.6 Å². The molecule has 1 atom stereocenters. The van der Waals surface area contributed by atoms with Crippen molar-refractivity contribution in [2.75, 3.05) is 26.2 Å². The van der Waals surface area contributed by atoms with Gasteiger partial charge in [0, 0.05) is 38.8 Å². The lowest BCUT2D eigenvalue weighted by molar-refractivity contribution is -0.133. The van der Waals surface area contributed by atoms with Gasteiger partial charge in [-0.15, -0.1) is 0 Å². The van der Waals surface area contributed by atoms with Crippen molar-refractivity contribution in [2.24, 2.45) is 0 Å². The van der Waals surface area contributed by atoms with E-state index in [9.17, 15) is 14.7 Å². The maximum Gasteiger partial charge on any atom is 0.244 e. The van der Waals surface area contributed by atoms with Crippen LogP contribution in [-0.2, 0) is 16.1 Å². The normalized spacial score (nSPS) is 19.2. The van der Waals surface area contributed by atoms with Crippen LogP contribution < -0.4 is 0 Å². The average molecular weight is 308 g/mol. The van der Waals surface area contributed by atoms with E-state index in [-0.39, 0.29) is 31.4 Å². The predicted octanol–water partition coefficient (Wildman–Crippen LogP) is -0.140. The first-order valence-corrected chi connectivity index (χ1v) is 7.51. The molecular formula is C15H24N4O3. The first-order chi connectivity index (χ1) is 10.3. The summed E-state index contributed by atoms with van der Waals surface area (Å²) in [5.41, 5.74) is 2.99. The Morgan fingerprint density at radius 1 is 1.18 bits per heavy atom. The third-order valence-electron chi connectivity index (χ3n) is 4.33. The molecule has 2 amide bonds. The second-order valence-corrected chi connectivity index (χ2v) is 5.91. The number of aliphatic hydroxyl groups excluding tert-OH is 1. The van der Waals surface area contributed by atoms with E-state index in [0.717, 1.165) is 17.0 Å². The van der Waals surface area contributed by atoms with Crippen molar-refractivity contribution >= 4 is 11.8 Å². The van der Waals surface area contributed by atoms with Gasteiger partial charge in [-0.1, -0.05) is 0 Å². The van der Waals surface area contributed by atoms with Crippen molar-refractivity contribution in [3.63, 3.8) is 0 Å². The number of carbonyl (C=O) groups excluding carboxylic acids is 2. The first-order valence-electron chi connectivity index (χ1n) is 7.51. The summed E-state index contributed by atoms with van der Waals surface area (Å²) >= 11 is 0. The third-order valence-corrected chi connectivity index (χ3v) is 4.33. The van der Waals surface area contributed by atoms with Crippen LogP contribution in [0.5, 0.6) is 0 Å². The Labute approximate surface area is 130 Å². The predicted molar refractivity (Wildman–Crippen MR) is 81.3 cm³/mol. The molecule has 2 heterocycles. The second kappa shape index (κ2) is 6.48. The van der Waals surface area contributed by atoms with Crippen LogP contribution in [0.15, 0.2) is 0 Å². The van der Waals surface area contributed by atoms with E-state index in [1.807, 2.05) is 20.8 Å². The standard InChI is InChI=1S/C15H24N4O3/c1-10-11(2)16-19(12(10)3)9-15(22)18-6-5-17(13(4)20)7-14(21)8-18/h14,21H,5-9H2,1-4H3. The van der Waals surface area contributed by atoms with Crippen LogP contribution in [0.2, 0.25) is 0 Å². The molecule has 1 aliphatic heterocycles. The van der Waals surface area contributed by atoms with E-state index in [1.54, 1.807) is 14.5 Å². The molecule has 22 heavy (non-hydrogen) atoms.